The molecular formula is C22H16FN3O2. The summed E-state index contributed by atoms with van der Waals surface area (Å²) >= 11 is 0. The molecule has 0 bridgehead atoms. The van der Waals surface area contributed by atoms with Crippen LogP contribution in [0, 0.1) is 17.1 Å². The molecule has 3 aromatic carbocycles. The van der Waals surface area contributed by atoms with Crippen LogP contribution in [0.4, 0.5) is 4.39 Å². The number of benzene rings is 3. The number of halogens is 1. The largest absolute Gasteiger partial charge is 0.489 e. The summed E-state index contributed by atoms with van der Waals surface area (Å²) in [7, 11) is 0. The van der Waals surface area contributed by atoms with E-state index >= 15 is 0 Å². The average Bonchev–Trinajstić information content (AvgIpc) is 2.73. The summed E-state index contributed by atoms with van der Waals surface area (Å²) in [4.78, 5) is 12.0. The Balaban J connectivity index is 1.54. The maximum Gasteiger partial charge on any atom is 0.274 e. The number of carbonyl (C=O) groups excluding carboxylic acids is 1. The molecule has 0 saturated carbocycles. The molecule has 0 aliphatic carbocycles. The third kappa shape index (κ3) is 5.02. The van der Waals surface area contributed by atoms with E-state index in [-0.39, 0.29) is 11.1 Å². The first-order chi connectivity index (χ1) is 13.7. The van der Waals surface area contributed by atoms with E-state index < -0.39 is 11.7 Å². The molecule has 1 N–H and O–H groups in total. The van der Waals surface area contributed by atoms with Crippen LogP contribution < -0.4 is 10.2 Å². The summed E-state index contributed by atoms with van der Waals surface area (Å²) in [6.45, 7) is 0.473. The highest BCUT2D eigenvalue weighted by Gasteiger charge is 2.11. The lowest BCUT2D eigenvalue weighted by molar-refractivity contribution is 0.0951. The molecule has 138 valence electrons. The minimum absolute atomic E-state index is 0.145. The average molecular weight is 373 g/mol. The molecule has 0 saturated heterocycles. The van der Waals surface area contributed by atoms with E-state index in [9.17, 15) is 9.18 Å². The minimum atomic E-state index is -0.772. The number of nitrogens with one attached hydrogen (secondary N) is 1. The fraction of sp³-hybridized carbons (Fsp3) is 0.0455. The van der Waals surface area contributed by atoms with Crippen molar-refractivity contribution in [3.05, 3.63) is 101 Å². The third-order valence-electron chi connectivity index (χ3n) is 3.85. The zero-order chi connectivity index (χ0) is 19.8. The molecule has 0 aliphatic heterocycles. The molecule has 28 heavy (non-hydrogen) atoms. The minimum Gasteiger partial charge on any atom is -0.489 e. The Kier molecular flexibility index (Phi) is 6.11. The number of ether oxygens (including phenoxy) is 1. The normalized spacial score (nSPS) is 10.4. The maximum atomic E-state index is 13.8. The highest BCUT2D eigenvalue weighted by molar-refractivity contribution is 5.95. The van der Waals surface area contributed by atoms with Crippen LogP contribution in [-0.4, -0.2) is 12.1 Å². The van der Waals surface area contributed by atoms with Gasteiger partial charge in [-0.25, -0.2) is 9.82 Å². The summed E-state index contributed by atoms with van der Waals surface area (Å²) in [5.74, 6) is -0.752. The fourth-order valence-electron chi connectivity index (χ4n) is 2.39. The van der Waals surface area contributed by atoms with Crippen molar-refractivity contribution in [2.75, 3.05) is 0 Å². The van der Waals surface area contributed by atoms with Crippen molar-refractivity contribution in [2.24, 2.45) is 5.10 Å². The second-order valence-electron chi connectivity index (χ2n) is 5.85. The lowest BCUT2D eigenvalue weighted by Gasteiger charge is -2.06. The van der Waals surface area contributed by atoms with Crippen molar-refractivity contribution in [1.29, 1.82) is 5.26 Å². The number of carbonyl (C=O) groups is 1. The monoisotopic (exact) mass is 373 g/mol. The van der Waals surface area contributed by atoms with Gasteiger partial charge in [0.25, 0.3) is 5.91 Å². The molecule has 0 aromatic heterocycles. The van der Waals surface area contributed by atoms with Gasteiger partial charge >= 0.3 is 0 Å². The number of amides is 1. The van der Waals surface area contributed by atoms with Crippen LogP contribution in [0.2, 0.25) is 0 Å². The lowest BCUT2D eigenvalue weighted by Crippen LogP contribution is -2.19. The van der Waals surface area contributed by atoms with Gasteiger partial charge in [0.1, 0.15) is 18.2 Å². The van der Waals surface area contributed by atoms with E-state index in [2.05, 4.69) is 10.5 Å². The fourth-order valence-corrected chi connectivity index (χ4v) is 2.39. The maximum absolute atomic E-state index is 13.8. The van der Waals surface area contributed by atoms with E-state index in [0.29, 0.717) is 12.4 Å². The van der Waals surface area contributed by atoms with Gasteiger partial charge in [-0.1, -0.05) is 30.3 Å². The predicted octanol–water partition coefficient (Wildman–Crippen LogP) is 4.04. The summed E-state index contributed by atoms with van der Waals surface area (Å²) in [6.07, 6.45) is 1.44. The van der Waals surface area contributed by atoms with Gasteiger partial charge in [-0.3, -0.25) is 4.79 Å². The molecule has 0 unspecified atom stereocenters. The highest BCUT2D eigenvalue weighted by Crippen LogP contribution is 2.14. The van der Waals surface area contributed by atoms with Crippen molar-refractivity contribution < 1.29 is 13.9 Å². The van der Waals surface area contributed by atoms with Crippen LogP contribution in [0.3, 0.4) is 0 Å². The first-order valence-electron chi connectivity index (χ1n) is 8.45. The lowest BCUT2D eigenvalue weighted by atomic mass is 10.1. The Morgan fingerprint density at radius 3 is 2.54 bits per heavy atom. The van der Waals surface area contributed by atoms with Gasteiger partial charge in [0.15, 0.2) is 0 Å². The molecule has 0 radical (unpaired) electrons. The first kappa shape index (κ1) is 18.8. The molecule has 6 heteroatoms. The third-order valence-corrected chi connectivity index (χ3v) is 3.85. The van der Waals surface area contributed by atoms with E-state index in [0.717, 1.165) is 17.2 Å². The Hall–Kier alpha value is -3.98. The second-order valence-corrected chi connectivity index (χ2v) is 5.85. The summed E-state index contributed by atoms with van der Waals surface area (Å²) in [6, 6.07) is 22.4. The second kappa shape index (κ2) is 9.10. The molecule has 3 aromatic rings. The Morgan fingerprint density at radius 1 is 1.11 bits per heavy atom. The number of nitrogens with zero attached hydrogens (tertiary/aromatic N) is 2. The summed E-state index contributed by atoms with van der Waals surface area (Å²) < 4.78 is 19.5. The van der Waals surface area contributed by atoms with Gasteiger partial charge in [-0.05, 0) is 53.6 Å². The van der Waals surface area contributed by atoms with Gasteiger partial charge < -0.3 is 4.74 Å². The Morgan fingerprint density at radius 2 is 1.86 bits per heavy atom. The zero-order valence-corrected chi connectivity index (χ0v) is 14.8. The molecule has 0 fully saturated rings. The number of hydrogen-bond acceptors (Lipinski definition) is 4. The van der Waals surface area contributed by atoms with Crippen molar-refractivity contribution in [3.63, 3.8) is 0 Å². The van der Waals surface area contributed by atoms with Crippen LogP contribution in [0.1, 0.15) is 27.0 Å². The van der Waals surface area contributed by atoms with Crippen LogP contribution >= 0.6 is 0 Å². The molecule has 0 spiro atoms. The Labute approximate surface area is 161 Å². The van der Waals surface area contributed by atoms with Crippen LogP contribution in [0.15, 0.2) is 77.9 Å². The molecule has 3 rings (SSSR count). The number of hydrazone groups is 1. The summed E-state index contributed by atoms with van der Waals surface area (Å²) in [5, 5.41) is 12.5. The Bertz CT molecular complexity index is 1030. The van der Waals surface area contributed by atoms with Gasteiger partial charge in [0.05, 0.1) is 23.4 Å². The predicted molar refractivity (Wildman–Crippen MR) is 103 cm³/mol. The molecular weight excluding hydrogens is 357 g/mol. The van der Waals surface area contributed by atoms with E-state index in [4.69, 9.17) is 10.00 Å². The number of hydrogen-bond donors (Lipinski definition) is 1. The highest BCUT2D eigenvalue weighted by atomic mass is 19.1. The zero-order valence-electron chi connectivity index (χ0n) is 14.8. The molecule has 1 amide bonds. The molecule has 0 atom stereocenters. The molecule has 5 nitrogen and oxygen atoms in total. The topological polar surface area (TPSA) is 74.5 Å². The smallest absolute Gasteiger partial charge is 0.274 e. The number of rotatable bonds is 6. The van der Waals surface area contributed by atoms with Crippen molar-refractivity contribution in [1.82, 2.24) is 5.43 Å². The first-order valence-corrected chi connectivity index (χ1v) is 8.45. The van der Waals surface area contributed by atoms with Crippen molar-refractivity contribution in [3.8, 4) is 11.8 Å². The van der Waals surface area contributed by atoms with Gasteiger partial charge in [0, 0.05) is 0 Å². The van der Waals surface area contributed by atoms with E-state index in [1.165, 1.54) is 18.3 Å². The van der Waals surface area contributed by atoms with Crippen LogP contribution in [0.5, 0.6) is 5.75 Å². The molecule has 0 heterocycles. The van der Waals surface area contributed by atoms with Gasteiger partial charge in [-0.2, -0.15) is 10.4 Å². The van der Waals surface area contributed by atoms with Crippen LogP contribution in [0.25, 0.3) is 0 Å². The van der Waals surface area contributed by atoms with Gasteiger partial charge in [-0.15, -0.1) is 0 Å². The number of nitriles is 1. The standard InChI is InChI=1S/C22H16FN3O2/c23-21-12-18(13-24)8-11-20(21)22(27)26-25-14-16-6-9-19(10-7-16)28-15-17-4-2-1-3-5-17/h1-12,14H,15H2,(H,26,27). The SMILES string of the molecule is N#Cc1ccc(C(=O)NN=Cc2ccc(OCc3ccccc3)cc2)c(F)c1. The van der Waals surface area contributed by atoms with Crippen molar-refractivity contribution >= 4 is 12.1 Å². The van der Waals surface area contributed by atoms with Crippen molar-refractivity contribution in [2.45, 2.75) is 6.61 Å². The summed E-state index contributed by atoms with van der Waals surface area (Å²) in [5.41, 5.74) is 4.05. The van der Waals surface area contributed by atoms with E-state index in [1.54, 1.807) is 24.3 Å². The van der Waals surface area contributed by atoms with Crippen LogP contribution in [-0.2, 0) is 6.61 Å². The van der Waals surface area contributed by atoms with Gasteiger partial charge in [0.2, 0.25) is 0 Å². The van der Waals surface area contributed by atoms with E-state index in [1.807, 2.05) is 36.4 Å². The molecule has 0 aliphatic rings. The quantitative estimate of drug-likeness (QED) is 0.523.